The van der Waals surface area contributed by atoms with Crippen molar-refractivity contribution >= 4 is 11.6 Å². The lowest BCUT2D eigenvalue weighted by Crippen LogP contribution is -2.67. The molecule has 0 aromatic carbocycles. The summed E-state index contributed by atoms with van der Waals surface area (Å²) in [5.41, 5.74) is 0.856. The van der Waals surface area contributed by atoms with E-state index in [9.17, 15) is 9.59 Å². The van der Waals surface area contributed by atoms with Crippen LogP contribution >= 0.6 is 0 Å². The lowest BCUT2D eigenvalue weighted by atomic mass is 9.43. The predicted octanol–water partition coefficient (Wildman–Crippen LogP) is 4.67. The normalized spacial score (nSPS) is 51.6. The smallest absolute Gasteiger partial charge is 0.190 e. The largest absolute Gasteiger partial charge is 0.322 e. The Morgan fingerprint density at radius 3 is 2.46 bits per heavy atom. The van der Waals surface area contributed by atoms with Gasteiger partial charge in [-0.1, -0.05) is 33.3 Å². The van der Waals surface area contributed by atoms with Gasteiger partial charge in [-0.25, -0.2) is 0 Å². The molecule has 4 nitrogen and oxygen atoms in total. The van der Waals surface area contributed by atoms with Crippen molar-refractivity contribution in [3.63, 3.8) is 0 Å². The fourth-order valence-corrected chi connectivity index (χ4v) is 8.57. The summed E-state index contributed by atoms with van der Waals surface area (Å²) in [6.45, 7) is 11.3. The predicted molar refractivity (Wildman–Crippen MR) is 105 cm³/mol. The number of hydrogen-bond donors (Lipinski definition) is 0. The summed E-state index contributed by atoms with van der Waals surface area (Å²) in [7, 11) is 0. The molecule has 28 heavy (non-hydrogen) atoms. The van der Waals surface area contributed by atoms with E-state index in [4.69, 9.17) is 9.47 Å². The molecule has 0 unspecified atom stereocenters. The van der Waals surface area contributed by atoms with E-state index in [2.05, 4.69) is 27.7 Å². The average Bonchev–Trinajstić information content (AvgIpc) is 2.81. The Morgan fingerprint density at radius 1 is 1.14 bits per heavy atom. The summed E-state index contributed by atoms with van der Waals surface area (Å²) < 4.78 is 12.1. The van der Waals surface area contributed by atoms with Gasteiger partial charge >= 0.3 is 0 Å². The average molecular weight is 387 g/mol. The van der Waals surface area contributed by atoms with Gasteiger partial charge in [-0.2, -0.15) is 0 Å². The Bertz CT molecular complexity index is 779. The molecule has 0 amide bonds. The van der Waals surface area contributed by atoms with Crippen LogP contribution in [0.2, 0.25) is 0 Å². The van der Waals surface area contributed by atoms with E-state index in [0.717, 1.165) is 32.1 Å². The summed E-state index contributed by atoms with van der Waals surface area (Å²) >= 11 is 0. The van der Waals surface area contributed by atoms with E-state index < -0.39 is 5.79 Å². The third-order valence-corrected chi connectivity index (χ3v) is 10.6. The first kappa shape index (κ1) is 19.0. The molecule has 7 atom stereocenters. The molecule has 0 aromatic rings. The van der Waals surface area contributed by atoms with Crippen molar-refractivity contribution in [2.75, 3.05) is 6.79 Å². The van der Waals surface area contributed by atoms with Crippen molar-refractivity contribution in [2.45, 2.75) is 78.9 Å². The van der Waals surface area contributed by atoms with Crippen LogP contribution in [0.1, 0.15) is 73.1 Å². The molecule has 0 bridgehead atoms. The Hall–Kier alpha value is -1.00. The summed E-state index contributed by atoms with van der Waals surface area (Å²) in [6, 6.07) is 0. The van der Waals surface area contributed by atoms with Gasteiger partial charge in [-0.15, -0.1) is 0 Å². The first-order chi connectivity index (χ1) is 13.1. The molecule has 1 aliphatic heterocycles. The molecular weight excluding hydrogens is 352 g/mol. The maximum absolute atomic E-state index is 12.8. The summed E-state index contributed by atoms with van der Waals surface area (Å²) in [4.78, 5) is 25.2. The van der Waals surface area contributed by atoms with Gasteiger partial charge in [0.2, 0.25) is 0 Å². The fraction of sp³-hybridized carbons (Fsp3) is 0.833. The summed E-state index contributed by atoms with van der Waals surface area (Å²) in [5, 5.41) is 0. The van der Waals surface area contributed by atoms with Crippen LogP contribution in [0.15, 0.2) is 11.6 Å². The first-order valence-corrected chi connectivity index (χ1v) is 11.1. The number of carbonyl (C=O) groups excluding carboxylic acids is 2. The van der Waals surface area contributed by atoms with E-state index >= 15 is 0 Å². The second kappa shape index (κ2) is 5.57. The van der Waals surface area contributed by atoms with Crippen molar-refractivity contribution in [2.24, 2.45) is 39.9 Å². The van der Waals surface area contributed by atoms with Crippen LogP contribution in [0.25, 0.3) is 0 Å². The van der Waals surface area contributed by atoms with Crippen LogP contribution in [-0.2, 0) is 19.1 Å². The Kier molecular flexibility index (Phi) is 3.78. The van der Waals surface area contributed by atoms with E-state index in [1.165, 1.54) is 5.57 Å². The van der Waals surface area contributed by atoms with E-state index in [-0.39, 0.29) is 22.0 Å². The standard InChI is InChI=1S/C24H34O4/c1-14-10-20-18-7-6-16-11-17(26)12-24(27-13-28-24)23(16,5)19(18)8-9-21(20,3)22(14,4)15(2)25/h11,14,18-20H,6-10,12-13H2,1-5H3/t14-,18-,19+,20+,21+,22-,23+/m1/s1. The Balaban J connectivity index is 1.58. The van der Waals surface area contributed by atoms with Crippen LogP contribution in [0, 0.1) is 39.9 Å². The third-order valence-electron chi connectivity index (χ3n) is 10.6. The topological polar surface area (TPSA) is 52.6 Å². The zero-order valence-electron chi connectivity index (χ0n) is 18.0. The molecular formula is C24H34O4. The molecule has 4 heteroatoms. The number of fused-ring (bicyclic) bond motifs is 6. The van der Waals surface area contributed by atoms with Crippen LogP contribution in [0.5, 0.6) is 0 Å². The van der Waals surface area contributed by atoms with E-state index in [0.29, 0.717) is 42.7 Å². The van der Waals surface area contributed by atoms with Gasteiger partial charge in [-0.3, -0.25) is 9.59 Å². The second-order valence-corrected chi connectivity index (χ2v) is 10.9. The van der Waals surface area contributed by atoms with Crippen LogP contribution in [0.3, 0.4) is 0 Å². The lowest BCUT2D eigenvalue weighted by Gasteiger charge is -2.65. The van der Waals surface area contributed by atoms with Crippen molar-refractivity contribution in [3.8, 4) is 0 Å². The van der Waals surface area contributed by atoms with E-state index in [1.54, 1.807) is 6.92 Å². The number of hydrogen-bond acceptors (Lipinski definition) is 4. The Morgan fingerprint density at radius 2 is 1.86 bits per heavy atom. The minimum absolute atomic E-state index is 0.0654. The highest BCUT2D eigenvalue weighted by molar-refractivity contribution is 5.93. The zero-order valence-corrected chi connectivity index (χ0v) is 18.0. The van der Waals surface area contributed by atoms with Crippen molar-refractivity contribution < 1.29 is 19.1 Å². The molecule has 4 fully saturated rings. The number of ketones is 2. The maximum atomic E-state index is 12.8. The third kappa shape index (κ3) is 1.90. The molecule has 1 heterocycles. The highest BCUT2D eigenvalue weighted by Gasteiger charge is 2.71. The molecule has 3 saturated carbocycles. The first-order valence-electron chi connectivity index (χ1n) is 11.1. The van der Waals surface area contributed by atoms with Crippen LogP contribution in [-0.4, -0.2) is 24.1 Å². The minimum Gasteiger partial charge on any atom is -0.322 e. The summed E-state index contributed by atoms with van der Waals surface area (Å²) in [6.07, 6.45) is 7.62. The molecule has 5 rings (SSSR count). The summed E-state index contributed by atoms with van der Waals surface area (Å²) in [5.74, 6) is 1.76. The molecule has 0 N–H and O–H groups in total. The van der Waals surface area contributed by atoms with Gasteiger partial charge in [0.25, 0.3) is 0 Å². The van der Waals surface area contributed by atoms with Crippen LogP contribution in [0.4, 0.5) is 0 Å². The van der Waals surface area contributed by atoms with Gasteiger partial charge in [0.05, 0.1) is 6.42 Å². The number of carbonyl (C=O) groups is 2. The van der Waals surface area contributed by atoms with Crippen molar-refractivity contribution in [3.05, 3.63) is 11.6 Å². The molecule has 154 valence electrons. The molecule has 0 radical (unpaired) electrons. The van der Waals surface area contributed by atoms with Crippen LogP contribution < -0.4 is 0 Å². The molecule has 0 aromatic heterocycles. The maximum Gasteiger partial charge on any atom is 0.190 e. The van der Waals surface area contributed by atoms with Gasteiger partial charge in [-0.05, 0) is 74.2 Å². The quantitative estimate of drug-likeness (QED) is 0.657. The lowest BCUT2D eigenvalue weighted by molar-refractivity contribution is -0.442. The highest BCUT2D eigenvalue weighted by Crippen LogP contribution is 2.73. The number of ether oxygens (including phenoxy) is 2. The van der Waals surface area contributed by atoms with Gasteiger partial charge in [0, 0.05) is 10.8 Å². The van der Waals surface area contributed by atoms with Crippen molar-refractivity contribution in [1.82, 2.24) is 0 Å². The Labute approximate surface area is 168 Å². The van der Waals surface area contributed by atoms with E-state index in [1.807, 2.05) is 6.08 Å². The van der Waals surface area contributed by atoms with Crippen molar-refractivity contribution in [1.29, 1.82) is 0 Å². The SMILES string of the molecule is CC(=O)[C@@]1(C)[C@H](C)C[C@H]2[C@@H]3CCC4=CC(=O)CC5(OCO5)[C@]4(C)[C@H]3CC[C@@]21C. The molecule has 1 saturated heterocycles. The number of rotatable bonds is 1. The minimum atomic E-state index is -0.751. The zero-order chi connectivity index (χ0) is 20.1. The van der Waals surface area contributed by atoms with Gasteiger partial charge in [0.15, 0.2) is 18.4 Å². The number of Topliss-reactive ketones (excluding diaryl/α,β-unsaturated/α-hetero) is 1. The van der Waals surface area contributed by atoms with Gasteiger partial charge < -0.3 is 9.47 Å². The molecule has 4 aliphatic carbocycles. The van der Waals surface area contributed by atoms with Gasteiger partial charge in [0.1, 0.15) is 5.78 Å². The molecule has 5 aliphatic rings. The molecule has 1 spiro atoms. The highest BCUT2D eigenvalue weighted by atomic mass is 16.9. The monoisotopic (exact) mass is 386 g/mol. The fourth-order valence-electron chi connectivity index (χ4n) is 8.57. The second-order valence-electron chi connectivity index (χ2n) is 10.9.